The number of hydrogen-bond acceptors (Lipinski definition) is 2. The minimum Gasteiger partial charge on any atom is -0.318 e. The van der Waals surface area contributed by atoms with Gasteiger partial charge in [0.15, 0.2) is 0 Å². The van der Waals surface area contributed by atoms with Crippen LogP contribution in [0.5, 0.6) is 0 Å². The van der Waals surface area contributed by atoms with Crippen LogP contribution in [0.4, 0.5) is 0 Å². The van der Waals surface area contributed by atoms with Crippen LogP contribution in [-0.2, 0) is 5.54 Å². The zero-order valence-electron chi connectivity index (χ0n) is 12.7. The quantitative estimate of drug-likeness (QED) is 0.766. The van der Waals surface area contributed by atoms with Crippen molar-refractivity contribution in [3.63, 3.8) is 0 Å². The number of nitrogens with zero attached hydrogens (tertiary/aromatic N) is 1. The van der Waals surface area contributed by atoms with Crippen molar-refractivity contribution in [2.75, 3.05) is 0 Å². The van der Waals surface area contributed by atoms with Gasteiger partial charge in [-0.3, -0.25) is 4.98 Å². The molecule has 0 aliphatic rings. The summed E-state index contributed by atoms with van der Waals surface area (Å²) in [4.78, 5) is 4.55. The van der Waals surface area contributed by atoms with E-state index in [0.717, 1.165) is 22.0 Å². The average molecular weight is 276 g/mol. The van der Waals surface area contributed by atoms with Gasteiger partial charge in [0.1, 0.15) is 0 Å². The molecule has 0 spiro atoms. The Bertz CT molecular complexity index is 804. The van der Waals surface area contributed by atoms with Crippen molar-refractivity contribution in [1.82, 2.24) is 4.98 Å². The van der Waals surface area contributed by atoms with Crippen LogP contribution in [0.3, 0.4) is 0 Å². The summed E-state index contributed by atoms with van der Waals surface area (Å²) in [6.07, 6.45) is 1.89. The van der Waals surface area contributed by atoms with E-state index >= 15 is 0 Å². The van der Waals surface area contributed by atoms with Gasteiger partial charge in [0, 0.05) is 11.6 Å². The van der Waals surface area contributed by atoms with E-state index in [2.05, 4.69) is 56.1 Å². The number of fused-ring (bicyclic) bond motifs is 1. The molecule has 0 fully saturated rings. The predicted octanol–water partition coefficient (Wildman–Crippen LogP) is 4.07. The van der Waals surface area contributed by atoms with Crippen LogP contribution < -0.4 is 5.73 Å². The summed E-state index contributed by atoms with van der Waals surface area (Å²) in [5, 5.41) is 1.12. The highest BCUT2D eigenvalue weighted by Gasteiger charge is 2.26. The van der Waals surface area contributed by atoms with E-state index < -0.39 is 5.54 Å². The zero-order valence-corrected chi connectivity index (χ0v) is 12.7. The number of aromatic nitrogens is 1. The van der Waals surface area contributed by atoms with Crippen LogP contribution in [0.25, 0.3) is 10.9 Å². The molecule has 0 radical (unpaired) electrons. The van der Waals surface area contributed by atoms with Crippen molar-refractivity contribution in [1.29, 1.82) is 0 Å². The van der Waals surface area contributed by atoms with Crippen molar-refractivity contribution in [2.45, 2.75) is 26.3 Å². The Morgan fingerprint density at radius 3 is 2.57 bits per heavy atom. The molecule has 3 aromatic rings. The van der Waals surface area contributed by atoms with Crippen LogP contribution >= 0.6 is 0 Å². The summed E-state index contributed by atoms with van der Waals surface area (Å²) in [7, 11) is 0. The van der Waals surface area contributed by atoms with Gasteiger partial charge in [0.05, 0.1) is 11.1 Å². The third-order valence-corrected chi connectivity index (χ3v) is 4.14. The van der Waals surface area contributed by atoms with E-state index in [1.807, 2.05) is 24.4 Å². The van der Waals surface area contributed by atoms with Crippen molar-refractivity contribution in [2.24, 2.45) is 5.73 Å². The standard InChI is InChI=1S/C19H20N2/c1-13-8-9-14(2)17(10-13)19(3,20)16-11-15-6-4-5-7-18(15)21-12-16/h4-12H,20H2,1-3H3. The fourth-order valence-corrected chi connectivity index (χ4v) is 2.81. The van der Waals surface area contributed by atoms with Crippen LogP contribution in [0.2, 0.25) is 0 Å². The van der Waals surface area contributed by atoms with Gasteiger partial charge in [-0.2, -0.15) is 0 Å². The van der Waals surface area contributed by atoms with Gasteiger partial charge in [-0.25, -0.2) is 0 Å². The third kappa shape index (κ3) is 2.43. The third-order valence-electron chi connectivity index (χ3n) is 4.14. The lowest BCUT2D eigenvalue weighted by Crippen LogP contribution is -2.35. The summed E-state index contributed by atoms with van der Waals surface area (Å²) in [6.45, 7) is 6.26. The second kappa shape index (κ2) is 4.97. The number of para-hydroxylation sites is 1. The molecule has 0 saturated carbocycles. The number of rotatable bonds is 2. The second-order valence-corrected chi connectivity index (χ2v) is 5.94. The van der Waals surface area contributed by atoms with Crippen molar-refractivity contribution >= 4 is 10.9 Å². The van der Waals surface area contributed by atoms with Crippen LogP contribution in [-0.4, -0.2) is 4.98 Å². The Hall–Kier alpha value is -2.19. The smallest absolute Gasteiger partial charge is 0.0702 e. The molecule has 0 amide bonds. The first kappa shape index (κ1) is 13.8. The van der Waals surface area contributed by atoms with Crippen LogP contribution in [0, 0.1) is 13.8 Å². The molecule has 1 aromatic heterocycles. The first-order valence-electron chi connectivity index (χ1n) is 7.20. The van der Waals surface area contributed by atoms with Crippen LogP contribution in [0.15, 0.2) is 54.7 Å². The van der Waals surface area contributed by atoms with Gasteiger partial charge in [0.2, 0.25) is 0 Å². The van der Waals surface area contributed by atoms with Crippen molar-refractivity contribution < 1.29 is 0 Å². The zero-order chi connectivity index (χ0) is 15.0. The van der Waals surface area contributed by atoms with E-state index in [0.29, 0.717) is 0 Å². The Morgan fingerprint density at radius 1 is 1.00 bits per heavy atom. The fraction of sp³-hybridized carbons (Fsp3) is 0.211. The van der Waals surface area contributed by atoms with Gasteiger partial charge >= 0.3 is 0 Å². The molecule has 0 bridgehead atoms. The monoisotopic (exact) mass is 276 g/mol. The SMILES string of the molecule is Cc1ccc(C)c(C(C)(N)c2cnc3ccccc3c2)c1. The van der Waals surface area contributed by atoms with Crippen LogP contribution in [0.1, 0.15) is 29.2 Å². The minimum absolute atomic E-state index is 0.548. The highest BCUT2D eigenvalue weighted by atomic mass is 14.8. The normalized spacial score (nSPS) is 14.1. The van der Waals surface area contributed by atoms with E-state index in [-0.39, 0.29) is 0 Å². The molecule has 1 atom stereocenters. The second-order valence-electron chi connectivity index (χ2n) is 5.94. The molecule has 3 rings (SSSR count). The summed E-state index contributed by atoms with van der Waals surface area (Å²) in [6, 6.07) is 16.7. The topological polar surface area (TPSA) is 38.9 Å². The number of hydrogen-bond donors (Lipinski definition) is 1. The minimum atomic E-state index is -0.548. The van der Waals surface area contributed by atoms with Gasteiger partial charge in [-0.05, 0) is 49.6 Å². The maximum Gasteiger partial charge on any atom is 0.0702 e. The molecule has 21 heavy (non-hydrogen) atoms. The fourth-order valence-electron chi connectivity index (χ4n) is 2.81. The van der Waals surface area contributed by atoms with E-state index in [1.54, 1.807) is 0 Å². The molecule has 2 nitrogen and oxygen atoms in total. The first-order chi connectivity index (χ1) is 9.98. The molecule has 106 valence electrons. The Balaban J connectivity index is 2.17. The van der Waals surface area contributed by atoms with Gasteiger partial charge in [-0.1, -0.05) is 42.0 Å². The van der Waals surface area contributed by atoms with E-state index in [9.17, 15) is 0 Å². The number of aryl methyl sites for hydroxylation is 2. The summed E-state index contributed by atoms with van der Waals surface area (Å²) >= 11 is 0. The largest absolute Gasteiger partial charge is 0.318 e. The molecular weight excluding hydrogens is 256 g/mol. The number of nitrogens with two attached hydrogens (primary N) is 1. The first-order valence-corrected chi connectivity index (χ1v) is 7.20. The van der Waals surface area contributed by atoms with Crippen molar-refractivity contribution in [3.8, 4) is 0 Å². The van der Waals surface area contributed by atoms with E-state index in [1.165, 1.54) is 11.1 Å². The molecule has 2 aromatic carbocycles. The summed E-state index contributed by atoms with van der Waals surface area (Å²) < 4.78 is 0. The number of pyridine rings is 1. The lowest BCUT2D eigenvalue weighted by atomic mass is 9.83. The summed E-state index contributed by atoms with van der Waals surface area (Å²) in [5.74, 6) is 0. The molecular formula is C19H20N2. The lowest BCUT2D eigenvalue weighted by Gasteiger charge is -2.28. The lowest BCUT2D eigenvalue weighted by molar-refractivity contribution is 0.597. The Labute approximate surface area is 125 Å². The molecule has 2 heteroatoms. The Morgan fingerprint density at radius 2 is 1.76 bits per heavy atom. The van der Waals surface area contributed by atoms with Crippen molar-refractivity contribution in [3.05, 3.63) is 77.0 Å². The van der Waals surface area contributed by atoms with Gasteiger partial charge < -0.3 is 5.73 Å². The summed E-state index contributed by atoms with van der Waals surface area (Å²) in [5.41, 5.74) is 11.7. The highest BCUT2D eigenvalue weighted by molar-refractivity contribution is 5.79. The highest BCUT2D eigenvalue weighted by Crippen LogP contribution is 2.30. The molecule has 0 aliphatic carbocycles. The molecule has 2 N–H and O–H groups in total. The number of benzene rings is 2. The maximum atomic E-state index is 6.68. The molecule has 0 saturated heterocycles. The molecule has 1 unspecified atom stereocenters. The Kier molecular flexibility index (Phi) is 3.26. The maximum absolute atomic E-state index is 6.68. The van der Waals surface area contributed by atoms with E-state index in [4.69, 9.17) is 5.73 Å². The average Bonchev–Trinajstić information content (AvgIpc) is 2.49. The molecule has 0 aliphatic heterocycles. The predicted molar refractivity (Wildman–Crippen MR) is 88.3 cm³/mol. The van der Waals surface area contributed by atoms with Gasteiger partial charge in [-0.15, -0.1) is 0 Å². The molecule has 1 heterocycles. The van der Waals surface area contributed by atoms with Gasteiger partial charge in [0.25, 0.3) is 0 Å².